The molecular weight excluding hydrogens is 356 g/mol. The van der Waals surface area contributed by atoms with Gasteiger partial charge in [0.25, 0.3) is 0 Å². The number of aromatic carboxylic acids is 2. The number of benzene rings is 1. The predicted molar refractivity (Wildman–Crippen MR) is 111 cm³/mol. The molecule has 0 aliphatic carbocycles. The van der Waals surface area contributed by atoms with Gasteiger partial charge in [0.1, 0.15) is 0 Å². The smallest absolute Gasteiger partial charge is 0.0803 e. The maximum Gasteiger partial charge on any atom is 0.0803 e. The molecule has 0 radical (unpaired) electrons. The van der Waals surface area contributed by atoms with Gasteiger partial charge in [0.2, 0.25) is 0 Å². The van der Waals surface area contributed by atoms with E-state index >= 15 is 0 Å². The number of carboxylic acid groups (broad SMARTS) is 2. The highest BCUT2D eigenvalue weighted by molar-refractivity contribution is 5.89. The number of nitrogens with zero attached hydrogens (tertiary/aromatic N) is 2. The first-order valence-electron chi connectivity index (χ1n) is 9.58. The Labute approximate surface area is 171 Å². The SMILES string of the molecule is CC(C)C[N+](C)(C)C.CC(C)C[N+](C)(C)C.O=C([O-])c1ccc(C(=O)[O-])cc1. The Morgan fingerprint density at radius 2 is 0.893 bits per heavy atom. The van der Waals surface area contributed by atoms with Crippen LogP contribution in [0.5, 0.6) is 0 Å². The summed E-state index contributed by atoms with van der Waals surface area (Å²) in [5, 5.41) is 20.4. The quantitative estimate of drug-likeness (QED) is 0.675. The molecule has 6 nitrogen and oxygen atoms in total. The number of carbonyl (C=O) groups excluding carboxylic acids is 2. The highest BCUT2D eigenvalue weighted by atomic mass is 16.4. The minimum atomic E-state index is -1.33. The van der Waals surface area contributed by atoms with E-state index in [1.54, 1.807) is 0 Å². The lowest BCUT2D eigenvalue weighted by Gasteiger charge is -2.25. The molecule has 162 valence electrons. The molecule has 28 heavy (non-hydrogen) atoms. The van der Waals surface area contributed by atoms with Crippen LogP contribution >= 0.6 is 0 Å². The van der Waals surface area contributed by atoms with Crippen LogP contribution in [-0.4, -0.2) is 76.3 Å². The lowest BCUT2D eigenvalue weighted by Crippen LogP contribution is -2.37. The second-order valence-electron chi connectivity index (χ2n) is 9.89. The highest BCUT2D eigenvalue weighted by Gasteiger charge is 2.08. The molecule has 0 bridgehead atoms. The summed E-state index contributed by atoms with van der Waals surface area (Å²) in [6.07, 6.45) is 0. The summed E-state index contributed by atoms with van der Waals surface area (Å²) < 4.78 is 2.16. The fourth-order valence-electron chi connectivity index (χ4n) is 2.93. The van der Waals surface area contributed by atoms with E-state index in [2.05, 4.69) is 70.0 Å². The Hall–Kier alpha value is -1.92. The monoisotopic (exact) mass is 396 g/mol. The molecule has 0 fully saturated rings. The van der Waals surface area contributed by atoms with Gasteiger partial charge in [-0.15, -0.1) is 0 Å². The summed E-state index contributed by atoms with van der Waals surface area (Å²) >= 11 is 0. The van der Waals surface area contributed by atoms with Crippen molar-refractivity contribution in [3.05, 3.63) is 35.4 Å². The van der Waals surface area contributed by atoms with Gasteiger partial charge in [-0.25, -0.2) is 0 Å². The van der Waals surface area contributed by atoms with Gasteiger partial charge in [-0.05, 0) is 11.1 Å². The summed E-state index contributed by atoms with van der Waals surface area (Å²) in [7, 11) is 13.3. The normalized spacial score (nSPS) is 11.3. The van der Waals surface area contributed by atoms with Gasteiger partial charge in [-0.2, -0.15) is 0 Å². The molecule has 1 aromatic rings. The van der Waals surface area contributed by atoms with Crippen LogP contribution in [0.4, 0.5) is 0 Å². The van der Waals surface area contributed by atoms with Crippen molar-refractivity contribution in [1.29, 1.82) is 0 Å². The standard InChI is InChI=1S/C8H6O4.2C7H18N/c9-7(10)5-1-2-6(4-3-5)8(11)12;2*1-7(2)6-8(3,4)5/h1-4H,(H,9,10)(H,11,12);2*7H,6H2,1-5H3/q;2*+1/p-2. The van der Waals surface area contributed by atoms with Crippen LogP contribution in [0.1, 0.15) is 48.4 Å². The third-order valence-electron chi connectivity index (χ3n) is 3.18. The summed E-state index contributed by atoms with van der Waals surface area (Å²) in [6.45, 7) is 11.5. The molecule has 0 N–H and O–H groups in total. The van der Waals surface area contributed by atoms with Crippen LogP contribution in [0.2, 0.25) is 0 Å². The van der Waals surface area contributed by atoms with Gasteiger partial charge in [0.05, 0.1) is 67.3 Å². The van der Waals surface area contributed by atoms with Gasteiger partial charge in [-0.1, -0.05) is 52.0 Å². The number of hydrogen-bond acceptors (Lipinski definition) is 4. The largest absolute Gasteiger partial charge is 0.545 e. The third-order valence-corrected chi connectivity index (χ3v) is 3.18. The van der Waals surface area contributed by atoms with Crippen molar-refractivity contribution < 1.29 is 28.8 Å². The molecule has 1 aromatic carbocycles. The van der Waals surface area contributed by atoms with Crippen LogP contribution in [0.15, 0.2) is 24.3 Å². The van der Waals surface area contributed by atoms with Crippen molar-refractivity contribution in [3.63, 3.8) is 0 Å². The lowest BCUT2D eigenvalue weighted by molar-refractivity contribution is -0.873. The van der Waals surface area contributed by atoms with Crippen LogP contribution < -0.4 is 10.2 Å². The number of quaternary nitrogens is 2. The van der Waals surface area contributed by atoms with Gasteiger partial charge in [-0.3, -0.25) is 0 Å². The van der Waals surface area contributed by atoms with Gasteiger partial charge >= 0.3 is 0 Å². The van der Waals surface area contributed by atoms with Crippen LogP contribution in [-0.2, 0) is 0 Å². The maximum absolute atomic E-state index is 10.2. The first kappa shape index (κ1) is 28.3. The van der Waals surface area contributed by atoms with Crippen molar-refractivity contribution >= 4 is 11.9 Å². The molecule has 0 saturated heterocycles. The third kappa shape index (κ3) is 18.9. The minimum Gasteiger partial charge on any atom is -0.545 e. The first-order chi connectivity index (χ1) is 12.4. The van der Waals surface area contributed by atoms with E-state index in [0.717, 1.165) is 45.1 Å². The zero-order valence-electron chi connectivity index (χ0n) is 19.4. The first-order valence-corrected chi connectivity index (χ1v) is 9.58. The Balaban J connectivity index is 0. The summed E-state index contributed by atoms with van der Waals surface area (Å²) in [4.78, 5) is 20.4. The molecule has 1 rings (SSSR count). The Kier molecular flexibility index (Phi) is 12.7. The number of hydrogen-bond donors (Lipinski definition) is 0. The summed E-state index contributed by atoms with van der Waals surface area (Å²) in [5.41, 5.74) is -0.111. The lowest BCUT2D eigenvalue weighted by atomic mass is 10.1. The molecule has 0 aliphatic rings. The second kappa shape index (κ2) is 12.5. The topological polar surface area (TPSA) is 80.3 Å². The Morgan fingerprint density at radius 1 is 0.679 bits per heavy atom. The maximum atomic E-state index is 10.2. The van der Waals surface area contributed by atoms with Gasteiger partial charge in [0.15, 0.2) is 0 Å². The molecule has 0 saturated carbocycles. The molecule has 0 spiro atoms. The highest BCUT2D eigenvalue weighted by Crippen LogP contribution is 2.02. The van der Waals surface area contributed by atoms with E-state index in [9.17, 15) is 19.8 Å². The van der Waals surface area contributed by atoms with E-state index < -0.39 is 11.9 Å². The van der Waals surface area contributed by atoms with E-state index in [0.29, 0.717) is 0 Å². The van der Waals surface area contributed by atoms with Crippen molar-refractivity contribution in [1.82, 2.24) is 0 Å². The van der Waals surface area contributed by atoms with E-state index in [1.807, 2.05) is 0 Å². The second-order valence-corrected chi connectivity index (χ2v) is 9.89. The fourth-order valence-corrected chi connectivity index (χ4v) is 2.93. The minimum absolute atomic E-state index is 0.0556. The zero-order valence-corrected chi connectivity index (χ0v) is 19.4. The van der Waals surface area contributed by atoms with Crippen molar-refractivity contribution in [2.24, 2.45) is 11.8 Å². The molecule has 0 heterocycles. The van der Waals surface area contributed by atoms with Crippen LogP contribution in [0.3, 0.4) is 0 Å². The van der Waals surface area contributed by atoms with Gasteiger partial charge < -0.3 is 28.8 Å². The summed E-state index contributed by atoms with van der Waals surface area (Å²) in [5.74, 6) is -1.04. The van der Waals surface area contributed by atoms with Crippen molar-refractivity contribution in [2.75, 3.05) is 55.4 Å². The van der Waals surface area contributed by atoms with Crippen molar-refractivity contribution in [2.45, 2.75) is 27.7 Å². The Morgan fingerprint density at radius 3 is 0.964 bits per heavy atom. The number of carbonyl (C=O) groups is 2. The Bertz CT molecular complexity index is 527. The number of rotatable bonds is 6. The zero-order chi connectivity index (χ0) is 22.7. The number of carboxylic acids is 2. The van der Waals surface area contributed by atoms with E-state index in [4.69, 9.17) is 0 Å². The van der Waals surface area contributed by atoms with Gasteiger partial charge in [0, 0.05) is 11.8 Å². The van der Waals surface area contributed by atoms with Crippen LogP contribution in [0, 0.1) is 11.8 Å². The van der Waals surface area contributed by atoms with Crippen molar-refractivity contribution in [3.8, 4) is 0 Å². The summed E-state index contributed by atoms with van der Waals surface area (Å²) in [6, 6.07) is 4.61. The molecule has 0 aliphatic heterocycles. The predicted octanol–water partition coefficient (Wildman–Crippen LogP) is 1.11. The van der Waals surface area contributed by atoms with E-state index in [1.165, 1.54) is 13.1 Å². The molecule has 0 amide bonds. The molecular formula is C22H40N2O4. The average Bonchev–Trinajstić information content (AvgIpc) is 2.43. The average molecular weight is 397 g/mol. The molecule has 6 heteroatoms. The van der Waals surface area contributed by atoms with Crippen LogP contribution in [0.25, 0.3) is 0 Å². The molecule has 0 aromatic heterocycles. The molecule has 0 atom stereocenters. The van der Waals surface area contributed by atoms with E-state index in [-0.39, 0.29) is 11.1 Å². The molecule has 0 unspecified atom stereocenters. The fraction of sp³-hybridized carbons (Fsp3) is 0.636.